The minimum absolute atomic E-state index is 0.118. The number of amides is 1. The van der Waals surface area contributed by atoms with E-state index in [1.54, 1.807) is 25.1 Å². The normalized spacial score (nSPS) is 18.3. The highest BCUT2D eigenvalue weighted by molar-refractivity contribution is 5.98. The maximum atomic E-state index is 12.2. The molecule has 1 aliphatic carbocycles. The highest BCUT2D eigenvalue weighted by atomic mass is 16.3. The summed E-state index contributed by atoms with van der Waals surface area (Å²) in [7, 11) is 0. The van der Waals surface area contributed by atoms with Crippen LogP contribution in [0.15, 0.2) is 18.2 Å². The minimum Gasteiger partial charge on any atom is -0.508 e. The molecular formula is C14H20N2O2. The van der Waals surface area contributed by atoms with Gasteiger partial charge >= 0.3 is 0 Å². The van der Waals surface area contributed by atoms with Crippen molar-refractivity contribution >= 4 is 11.6 Å². The second kappa shape index (κ2) is 4.98. The molecule has 0 aromatic heterocycles. The van der Waals surface area contributed by atoms with E-state index < -0.39 is 5.54 Å². The second-order valence-corrected chi connectivity index (χ2v) is 5.17. The zero-order valence-electron chi connectivity index (χ0n) is 10.7. The number of carbonyl (C=O) groups excluding carboxylic acids is 1. The van der Waals surface area contributed by atoms with E-state index in [1.165, 1.54) is 0 Å². The van der Waals surface area contributed by atoms with Gasteiger partial charge in [-0.3, -0.25) is 4.79 Å². The number of benzene rings is 1. The smallest absolute Gasteiger partial charge is 0.244 e. The first-order valence-corrected chi connectivity index (χ1v) is 6.41. The van der Waals surface area contributed by atoms with E-state index >= 15 is 0 Å². The SMILES string of the molecule is Cc1cc(NC(=O)C2(N)CCCCC2)ccc1O. The highest BCUT2D eigenvalue weighted by Crippen LogP contribution is 2.28. The summed E-state index contributed by atoms with van der Waals surface area (Å²) < 4.78 is 0. The summed E-state index contributed by atoms with van der Waals surface area (Å²) >= 11 is 0. The molecule has 4 N–H and O–H groups in total. The molecule has 0 heterocycles. The number of rotatable bonds is 2. The molecule has 0 spiro atoms. The lowest BCUT2D eigenvalue weighted by atomic mass is 9.82. The summed E-state index contributed by atoms with van der Waals surface area (Å²) in [5, 5.41) is 12.3. The van der Waals surface area contributed by atoms with Gasteiger partial charge in [-0.1, -0.05) is 19.3 Å². The van der Waals surface area contributed by atoms with Crippen LogP contribution in [0.2, 0.25) is 0 Å². The molecule has 98 valence electrons. The van der Waals surface area contributed by atoms with Crippen LogP contribution < -0.4 is 11.1 Å². The minimum atomic E-state index is -0.732. The number of anilines is 1. The Labute approximate surface area is 107 Å². The van der Waals surface area contributed by atoms with Crippen molar-refractivity contribution in [3.05, 3.63) is 23.8 Å². The lowest BCUT2D eigenvalue weighted by molar-refractivity contribution is -0.122. The van der Waals surface area contributed by atoms with E-state index in [-0.39, 0.29) is 11.7 Å². The van der Waals surface area contributed by atoms with Crippen molar-refractivity contribution in [2.24, 2.45) is 5.73 Å². The van der Waals surface area contributed by atoms with Crippen LogP contribution in [-0.4, -0.2) is 16.6 Å². The Morgan fingerprint density at radius 3 is 2.61 bits per heavy atom. The van der Waals surface area contributed by atoms with Crippen LogP contribution in [0.1, 0.15) is 37.7 Å². The first-order valence-electron chi connectivity index (χ1n) is 6.41. The van der Waals surface area contributed by atoms with Gasteiger partial charge in [-0.2, -0.15) is 0 Å². The molecule has 0 radical (unpaired) electrons. The Kier molecular flexibility index (Phi) is 3.57. The van der Waals surface area contributed by atoms with Crippen LogP contribution in [0.3, 0.4) is 0 Å². The third-order valence-electron chi connectivity index (χ3n) is 3.65. The summed E-state index contributed by atoms with van der Waals surface area (Å²) in [6, 6.07) is 5.01. The number of aryl methyl sites for hydroxylation is 1. The molecule has 0 unspecified atom stereocenters. The molecule has 18 heavy (non-hydrogen) atoms. The van der Waals surface area contributed by atoms with Crippen molar-refractivity contribution in [2.75, 3.05) is 5.32 Å². The van der Waals surface area contributed by atoms with Gasteiger partial charge in [0.15, 0.2) is 0 Å². The molecule has 0 atom stereocenters. The molecule has 4 heteroatoms. The fraction of sp³-hybridized carbons (Fsp3) is 0.500. The Morgan fingerprint density at radius 2 is 2.00 bits per heavy atom. The lowest BCUT2D eigenvalue weighted by Gasteiger charge is -2.31. The first kappa shape index (κ1) is 12.9. The average molecular weight is 248 g/mol. The van der Waals surface area contributed by atoms with Gasteiger partial charge < -0.3 is 16.2 Å². The zero-order chi connectivity index (χ0) is 13.2. The maximum absolute atomic E-state index is 12.2. The molecule has 0 aliphatic heterocycles. The van der Waals surface area contributed by atoms with E-state index in [0.717, 1.165) is 37.7 Å². The van der Waals surface area contributed by atoms with Crippen molar-refractivity contribution in [3.8, 4) is 5.75 Å². The number of carbonyl (C=O) groups is 1. The van der Waals surface area contributed by atoms with Gasteiger partial charge in [0.1, 0.15) is 5.75 Å². The molecule has 1 aromatic carbocycles. The monoisotopic (exact) mass is 248 g/mol. The van der Waals surface area contributed by atoms with Crippen LogP contribution >= 0.6 is 0 Å². The van der Waals surface area contributed by atoms with Crippen LogP contribution in [-0.2, 0) is 4.79 Å². The van der Waals surface area contributed by atoms with Crippen molar-refractivity contribution < 1.29 is 9.90 Å². The van der Waals surface area contributed by atoms with Crippen molar-refractivity contribution in [1.82, 2.24) is 0 Å². The fourth-order valence-corrected chi connectivity index (χ4v) is 2.40. The van der Waals surface area contributed by atoms with Crippen LogP contribution in [0.25, 0.3) is 0 Å². The number of aromatic hydroxyl groups is 1. The molecule has 1 saturated carbocycles. The van der Waals surface area contributed by atoms with Gasteiger partial charge in [-0.05, 0) is 43.5 Å². The predicted molar refractivity (Wildman–Crippen MR) is 71.5 cm³/mol. The molecule has 1 aliphatic rings. The van der Waals surface area contributed by atoms with Crippen molar-refractivity contribution in [3.63, 3.8) is 0 Å². The number of phenolic OH excluding ortho intramolecular Hbond substituents is 1. The van der Waals surface area contributed by atoms with Crippen LogP contribution in [0, 0.1) is 6.92 Å². The molecular weight excluding hydrogens is 228 g/mol. The molecule has 0 saturated heterocycles. The Morgan fingerprint density at radius 1 is 1.33 bits per heavy atom. The Bertz CT molecular complexity index is 451. The zero-order valence-corrected chi connectivity index (χ0v) is 10.7. The maximum Gasteiger partial charge on any atom is 0.244 e. The summed E-state index contributed by atoms with van der Waals surface area (Å²) in [4.78, 5) is 12.2. The lowest BCUT2D eigenvalue weighted by Crippen LogP contribution is -2.52. The summed E-state index contributed by atoms with van der Waals surface area (Å²) in [6.45, 7) is 1.80. The van der Waals surface area contributed by atoms with Crippen molar-refractivity contribution in [1.29, 1.82) is 0 Å². The summed E-state index contributed by atoms with van der Waals surface area (Å²) in [6.07, 6.45) is 4.67. The highest BCUT2D eigenvalue weighted by Gasteiger charge is 2.35. The Hall–Kier alpha value is -1.55. The van der Waals surface area contributed by atoms with Gasteiger partial charge in [-0.15, -0.1) is 0 Å². The van der Waals surface area contributed by atoms with Gasteiger partial charge in [0, 0.05) is 5.69 Å². The molecule has 0 bridgehead atoms. The molecule has 1 fully saturated rings. The topological polar surface area (TPSA) is 75.4 Å². The number of hydrogen-bond donors (Lipinski definition) is 3. The van der Waals surface area contributed by atoms with E-state index in [0.29, 0.717) is 5.69 Å². The fourth-order valence-electron chi connectivity index (χ4n) is 2.40. The quantitative estimate of drug-likeness (QED) is 0.703. The number of phenols is 1. The standard InChI is InChI=1S/C14H20N2O2/c1-10-9-11(5-6-12(10)17)16-13(18)14(15)7-3-2-4-8-14/h5-6,9,17H,2-4,7-8,15H2,1H3,(H,16,18). The summed E-state index contributed by atoms with van der Waals surface area (Å²) in [5.74, 6) is 0.111. The third-order valence-corrected chi connectivity index (χ3v) is 3.65. The van der Waals surface area contributed by atoms with Gasteiger partial charge in [0.05, 0.1) is 5.54 Å². The van der Waals surface area contributed by atoms with Gasteiger partial charge in [0.2, 0.25) is 5.91 Å². The molecule has 4 nitrogen and oxygen atoms in total. The first-order chi connectivity index (χ1) is 8.51. The van der Waals surface area contributed by atoms with E-state index in [2.05, 4.69) is 5.32 Å². The van der Waals surface area contributed by atoms with Crippen LogP contribution in [0.4, 0.5) is 5.69 Å². The van der Waals surface area contributed by atoms with Gasteiger partial charge in [0.25, 0.3) is 0 Å². The number of hydrogen-bond acceptors (Lipinski definition) is 3. The second-order valence-electron chi connectivity index (χ2n) is 5.17. The van der Waals surface area contributed by atoms with Crippen LogP contribution in [0.5, 0.6) is 5.75 Å². The molecule has 1 amide bonds. The van der Waals surface area contributed by atoms with Gasteiger partial charge in [-0.25, -0.2) is 0 Å². The number of nitrogens with one attached hydrogen (secondary N) is 1. The Balaban J connectivity index is 2.08. The van der Waals surface area contributed by atoms with E-state index in [9.17, 15) is 9.90 Å². The molecule has 2 rings (SSSR count). The molecule has 1 aromatic rings. The third kappa shape index (κ3) is 2.64. The summed E-state index contributed by atoms with van der Waals surface area (Å²) in [5.41, 5.74) is 6.85. The predicted octanol–water partition coefficient (Wildman–Crippen LogP) is 2.30. The van der Waals surface area contributed by atoms with Crippen molar-refractivity contribution in [2.45, 2.75) is 44.6 Å². The van der Waals surface area contributed by atoms with E-state index in [1.807, 2.05) is 0 Å². The largest absolute Gasteiger partial charge is 0.508 e. The average Bonchev–Trinajstić information content (AvgIpc) is 2.35. The van der Waals surface area contributed by atoms with E-state index in [4.69, 9.17) is 5.73 Å². The number of nitrogens with two attached hydrogens (primary N) is 1.